The molecule has 30 heavy (non-hydrogen) atoms. The number of rotatable bonds is 25. The predicted octanol–water partition coefficient (Wildman–Crippen LogP) is 6.63. The zero-order valence-electron chi connectivity index (χ0n) is 19.3. The molecule has 0 aliphatic heterocycles. The number of aldehydes is 1. The van der Waals surface area contributed by atoms with Gasteiger partial charge in [0, 0.05) is 32.5 Å². The van der Waals surface area contributed by atoms with Gasteiger partial charge < -0.3 is 9.84 Å². The van der Waals surface area contributed by atoms with Gasteiger partial charge in [0.1, 0.15) is 5.78 Å². The number of unbranched alkanes of at least 4 members (excludes halogenated alkanes) is 14. The molecule has 0 rings (SSSR count). The first kappa shape index (κ1) is 28.8. The lowest BCUT2D eigenvalue weighted by Gasteiger charge is -2.05. The number of carboxylic acids is 1. The van der Waals surface area contributed by atoms with Crippen LogP contribution in [0.4, 0.5) is 0 Å². The average Bonchev–Trinajstić information content (AvgIpc) is 2.72. The Morgan fingerprint density at radius 1 is 0.600 bits per heavy atom. The molecule has 0 bridgehead atoms. The lowest BCUT2D eigenvalue weighted by molar-refractivity contribution is -0.137. The summed E-state index contributed by atoms with van der Waals surface area (Å²) >= 11 is 0. The summed E-state index contributed by atoms with van der Waals surface area (Å²) < 4.78 is 5.64. The first-order chi connectivity index (χ1) is 14.7. The van der Waals surface area contributed by atoms with E-state index in [1.165, 1.54) is 57.7 Å². The fraction of sp³-hybridized carbons (Fsp3) is 0.880. The molecule has 0 unspecified atom stereocenters. The van der Waals surface area contributed by atoms with Crippen molar-refractivity contribution in [2.24, 2.45) is 0 Å². The second-order valence-electron chi connectivity index (χ2n) is 8.42. The maximum Gasteiger partial charge on any atom is 0.303 e. The van der Waals surface area contributed by atoms with Crippen LogP contribution in [0.5, 0.6) is 0 Å². The molecule has 5 nitrogen and oxygen atoms in total. The summed E-state index contributed by atoms with van der Waals surface area (Å²) in [6, 6.07) is 0. The van der Waals surface area contributed by atoms with Crippen LogP contribution < -0.4 is 0 Å². The number of carboxylic acid groups (broad SMARTS) is 1. The van der Waals surface area contributed by atoms with Gasteiger partial charge in [0.05, 0.1) is 6.42 Å². The molecule has 0 amide bonds. The monoisotopic (exact) mass is 427 g/mol. The molecule has 0 aromatic carbocycles. The van der Waals surface area contributed by atoms with Crippen LogP contribution in [0.25, 0.3) is 0 Å². The Labute approximate surface area is 184 Å². The van der Waals surface area contributed by atoms with E-state index in [1.54, 1.807) is 0 Å². The highest BCUT2D eigenvalue weighted by atomic mass is 16.5. The molecule has 176 valence electrons. The summed E-state index contributed by atoms with van der Waals surface area (Å²) in [4.78, 5) is 30.9. The highest BCUT2D eigenvalue weighted by molar-refractivity contribution is 5.78. The van der Waals surface area contributed by atoms with E-state index in [0.29, 0.717) is 31.7 Å². The van der Waals surface area contributed by atoms with Gasteiger partial charge in [-0.15, -0.1) is 0 Å². The Kier molecular flexibility index (Phi) is 23.1. The Bertz CT molecular complexity index is 408. The van der Waals surface area contributed by atoms with Crippen molar-refractivity contribution >= 4 is 18.0 Å². The largest absolute Gasteiger partial charge is 0.481 e. The minimum Gasteiger partial charge on any atom is -0.481 e. The molecule has 0 atom stereocenters. The van der Waals surface area contributed by atoms with Crippen LogP contribution in [0, 0.1) is 0 Å². The topological polar surface area (TPSA) is 85.0 Å². The van der Waals surface area contributed by atoms with Crippen molar-refractivity contribution in [1.82, 2.24) is 0 Å². The fourth-order valence-electron chi connectivity index (χ4n) is 3.58. The maximum absolute atomic E-state index is 11.9. The summed E-state index contributed by atoms with van der Waals surface area (Å²) in [6.07, 6.45) is 21.6. The van der Waals surface area contributed by atoms with Crippen molar-refractivity contribution in [3.63, 3.8) is 0 Å². The maximum atomic E-state index is 11.9. The minimum atomic E-state index is -0.696. The summed E-state index contributed by atoms with van der Waals surface area (Å²) in [5.41, 5.74) is 0. The number of Topliss-reactive ketones (excluding diaryl/α,β-unsaturated/α-hetero) is 1. The Morgan fingerprint density at radius 2 is 1.03 bits per heavy atom. The van der Waals surface area contributed by atoms with Crippen LogP contribution in [-0.2, 0) is 14.3 Å². The SMILES string of the molecule is O=C(O)CCCCCCCCCCC(=O)CCCOCCCCCCCCCC=[OH+]. The quantitative estimate of drug-likeness (QED) is 0.101. The molecule has 0 aliphatic rings. The van der Waals surface area contributed by atoms with Crippen molar-refractivity contribution in [2.45, 2.75) is 128 Å². The molecule has 0 radical (unpaired) electrons. The Morgan fingerprint density at radius 3 is 1.60 bits per heavy atom. The van der Waals surface area contributed by atoms with Gasteiger partial charge in [-0.3, -0.25) is 14.4 Å². The van der Waals surface area contributed by atoms with Gasteiger partial charge in [-0.25, -0.2) is 0 Å². The highest BCUT2D eigenvalue weighted by Gasteiger charge is 2.02. The van der Waals surface area contributed by atoms with Crippen molar-refractivity contribution in [2.75, 3.05) is 13.2 Å². The average molecular weight is 428 g/mol. The standard InChI is InChI=1S/C25H46O5/c26-21-15-11-7-3-4-8-12-16-22-30-23-17-19-24(27)18-13-9-5-1-2-6-10-14-20-25(28)29/h21H,1-20,22-23H2,(H,28,29)/p+1. The number of aliphatic carboxylic acids is 1. The zero-order chi connectivity index (χ0) is 22.1. The predicted molar refractivity (Wildman–Crippen MR) is 124 cm³/mol. The second-order valence-corrected chi connectivity index (χ2v) is 8.42. The number of ketones is 1. The van der Waals surface area contributed by atoms with E-state index >= 15 is 0 Å². The van der Waals surface area contributed by atoms with Gasteiger partial charge in [-0.1, -0.05) is 70.6 Å². The minimum absolute atomic E-state index is 0.291. The number of carbonyl (C=O) groups is 2. The number of carbonyl (C=O) groups excluding carboxylic acids is 2. The smallest absolute Gasteiger partial charge is 0.303 e. The second kappa shape index (κ2) is 24.0. The molecule has 0 fully saturated rings. The molecule has 0 saturated heterocycles. The van der Waals surface area contributed by atoms with Gasteiger partial charge in [0.15, 0.2) is 0 Å². The van der Waals surface area contributed by atoms with Gasteiger partial charge in [-0.05, 0) is 32.1 Å². The first-order valence-corrected chi connectivity index (χ1v) is 12.4. The van der Waals surface area contributed by atoms with Crippen LogP contribution in [0.2, 0.25) is 0 Å². The van der Waals surface area contributed by atoms with Gasteiger partial charge in [0.25, 0.3) is 6.29 Å². The molecule has 5 heteroatoms. The lowest BCUT2D eigenvalue weighted by Crippen LogP contribution is -2.02. The van der Waals surface area contributed by atoms with E-state index in [9.17, 15) is 9.59 Å². The summed E-state index contributed by atoms with van der Waals surface area (Å²) in [7, 11) is 0. The van der Waals surface area contributed by atoms with Gasteiger partial charge in [0.2, 0.25) is 0 Å². The van der Waals surface area contributed by atoms with E-state index in [1.807, 2.05) is 0 Å². The summed E-state index contributed by atoms with van der Waals surface area (Å²) in [5.74, 6) is -0.329. The van der Waals surface area contributed by atoms with Gasteiger partial charge >= 0.3 is 5.97 Å². The Hall–Kier alpha value is -1.23. The third-order valence-corrected chi connectivity index (χ3v) is 5.46. The number of hydrogen-bond donors (Lipinski definition) is 1. The van der Waals surface area contributed by atoms with Crippen molar-refractivity contribution < 1.29 is 24.2 Å². The lowest BCUT2D eigenvalue weighted by atomic mass is 10.0. The third-order valence-electron chi connectivity index (χ3n) is 5.46. The molecule has 0 spiro atoms. The van der Waals surface area contributed by atoms with Crippen molar-refractivity contribution in [1.29, 1.82) is 0 Å². The summed E-state index contributed by atoms with van der Waals surface area (Å²) in [6.45, 7) is 1.51. The molecule has 0 aliphatic carbocycles. The van der Waals surface area contributed by atoms with Crippen LogP contribution in [0.3, 0.4) is 0 Å². The van der Waals surface area contributed by atoms with E-state index in [4.69, 9.17) is 14.6 Å². The normalized spacial score (nSPS) is 10.9. The highest BCUT2D eigenvalue weighted by Crippen LogP contribution is 2.12. The molecular formula is C25H47O5+. The van der Waals surface area contributed by atoms with Crippen molar-refractivity contribution in [3.05, 3.63) is 0 Å². The van der Waals surface area contributed by atoms with E-state index in [0.717, 1.165) is 64.4 Å². The molecule has 0 aromatic heterocycles. The summed E-state index contributed by atoms with van der Waals surface area (Å²) in [5, 5.41) is 8.57. The number of ether oxygens (including phenoxy) is 1. The Balaban J connectivity index is 3.17. The zero-order valence-corrected chi connectivity index (χ0v) is 19.3. The van der Waals surface area contributed by atoms with E-state index in [2.05, 4.69) is 0 Å². The van der Waals surface area contributed by atoms with Crippen LogP contribution >= 0.6 is 0 Å². The molecular weight excluding hydrogens is 380 g/mol. The van der Waals surface area contributed by atoms with E-state index < -0.39 is 5.97 Å². The fourth-order valence-corrected chi connectivity index (χ4v) is 3.58. The van der Waals surface area contributed by atoms with Gasteiger partial charge in [-0.2, -0.15) is 0 Å². The third kappa shape index (κ3) is 24.8. The first-order valence-electron chi connectivity index (χ1n) is 12.4. The number of hydrogen-bond acceptors (Lipinski definition) is 3. The molecule has 2 N–H and O–H groups in total. The van der Waals surface area contributed by atoms with Crippen LogP contribution in [0.15, 0.2) is 0 Å². The molecule has 0 heterocycles. The molecule has 0 aromatic rings. The van der Waals surface area contributed by atoms with Crippen molar-refractivity contribution in [3.8, 4) is 0 Å². The van der Waals surface area contributed by atoms with E-state index in [-0.39, 0.29) is 0 Å². The molecule has 0 saturated carbocycles. The van der Waals surface area contributed by atoms with Crippen LogP contribution in [0.1, 0.15) is 128 Å². The van der Waals surface area contributed by atoms with Crippen LogP contribution in [-0.4, -0.2) is 41.2 Å².